The molecule has 1 aliphatic rings. The molecule has 1 atom stereocenters. The predicted molar refractivity (Wildman–Crippen MR) is 146 cm³/mol. The fourth-order valence-corrected chi connectivity index (χ4v) is 5.38. The highest BCUT2D eigenvalue weighted by Gasteiger charge is 2.20. The summed E-state index contributed by atoms with van der Waals surface area (Å²) in [6.45, 7) is 7.76. The lowest BCUT2D eigenvalue weighted by atomic mass is 9.78. The largest absolute Gasteiger partial charge is 0.494 e. The highest BCUT2D eigenvalue weighted by Crippen LogP contribution is 2.34. The first kappa shape index (κ1) is 26.8. The molecule has 0 unspecified atom stereocenters. The standard InChI is InChI=1S/C32H49NO/c1-4-6-7-11-27-14-16-28(17-15-27)13-9-24-34-31-21-19-30(20-22-31)32-23-18-29(25-33-32)12-8-10-26(3)5-2/h18-23,25-28H,4-17,24H2,1-3H3/t26-,27?,28?/m0/s1. The van der Waals surface area contributed by atoms with E-state index in [2.05, 4.69) is 63.4 Å². The number of unbranched alkanes of at least 4 members (excludes halogenated alkanes) is 2. The molecule has 0 bridgehead atoms. The number of rotatable bonds is 15. The average Bonchev–Trinajstić information content (AvgIpc) is 2.88. The first-order valence-electron chi connectivity index (χ1n) is 14.4. The SMILES string of the molecule is CCCCCC1CCC(CCCOc2ccc(-c3ccc(CCC[C@@H](C)CC)cn3)cc2)CC1. The van der Waals surface area contributed by atoms with Gasteiger partial charge < -0.3 is 4.74 Å². The molecule has 0 radical (unpaired) electrons. The zero-order valence-corrected chi connectivity index (χ0v) is 22.2. The van der Waals surface area contributed by atoms with E-state index in [-0.39, 0.29) is 0 Å². The molecule has 2 aromatic rings. The summed E-state index contributed by atoms with van der Waals surface area (Å²) in [6.07, 6.45) is 21.0. The van der Waals surface area contributed by atoms with Gasteiger partial charge in [0.15, 0.2) is 0 Å². The number of pyridine rings is 1. The van der Waals surface area contributed by atoms with Crippen molar-refractivity contribution in [3.05, 3.63) is 48.2 Å². The monoisotopic (exact) mass is 463 g/mol. The summed E-state index contributed by atoms with van der Waals surface area (Å²) in [5.74, 6) is 3.74. The molecule has 0 saturated heterocycles. The maximum absolute atomic E-state index is 6.05. The highest BCUT2D eigenvalue weighted by atomic mass is 16.5. The third kappa shape index (κ3) is 9.43. The van der Waals surface area contributed by atoms with Crippen LogP contribution in [0.2, 0.25) is 0 Å². The van der Waals surface area contributed by atoms with Crippen LogP contribution in [0, 0.1) is 17.8 Å². The lowest BCUT2D eigenvalue weighted by molar-refractivity contribution is 0.228. The number of aromatic nitrogens is 1. The van der Waals surface area contributed by atoms with E-state index in [1.54, 1.807) is 0 Å². The van der Waals surface area contributed by atoms with E-state index in [0.717, 1.165) is 47.8 Å². The Hall–Kier alpha value is -1.83. The van der Waals surface area contributed by atoms with Crippen molar-refractivity contribution in [1.29, 1.82) is 0 Å². The van der Waals surface area contributed by atoms with Crippen molar-refractivity contribution < 1.29 is 4.74 Å². The fraction of sp³-hybridized carbons (Fsp3) is 0.656. The van der Waals surface area contributed by atoms with Crippen LogP contribution >= 0.6 is 0 Å². The van der Waals surface area contributed by atoms with Crippen LogP contribution in [0.4, 0.5) is 0 Å². The predicted octanol–water partition coefficient (Wildman–Crippen LogP) is 9.66. The van der Waals surface area contributed by atoms with Gasteiger partial charge in [0, 0.05) is 11.8 Å². The minimum absolute atomic E-state index is 0.827. The van der Waals surface area contributed by atoms with Crippen molar-refractivity contribution in [1.82, 2.24) is 4.98 Å². The van der Waals surface area contributed by atoms with Crippen molar-refractivity contribution in [2.75, 3.05) is 6.61 Å². The topological polar surface area (TPSA) is 22.1 Å². The second kappa shape index (κ2) is 15.2. The third-order valence-corrected chi connectivity index (χ3v) is 8.04. The Labute approximate surface area is 209 Å². The Kier molecular flexibility index (Phi) is 12.0. The van der Waals surface area contributed by atoms with Gasteiger partial charge in [-0.25, -0.2) is 0 Å². The maximum Gasteiger partial charge on any atom is 0.119 e. The zero-order valence-electron chi connectivity index (χ0n) is 22.2. The minimum Gasteiger partial charge on any atom is -0.494 e. The van der Waals surface area contributed by atoms with Gasteiger partial charge in [-0.05, 0) is 79.3 Å². The highest BCUT2D eigenvalue weighted by molar-refractivity contribution is 5.60. The Balaban J connectivity index is 1.32. The molecule has 1 saturated carbocycles. The Morgan fingerprint density at radius 3 is 2.18 bits per heavy atom. The van der Waals surface area contributed by atoms with Crippen molar-refractivity contribution in [3.8, 4) is 17.0 Å². The average molecular weight is 464 g/mol. The number of ether oxygens (including phenoxy) is 1. The lowest BCUT2D eigenvalue weighted by Crippen LogP contribution is -2.15. The van der Waals surface area contributed by atoms with E-state index >= 15 is 0 Å². The number of benzene rings is 1. The van der Waals surface area contributed by atoms with E-state index in [1.807, 2.05) is 0 Å². The van der Waals surface area contributed by atoms with E-state index in [4.69, 9.17) is 9.72 Å². The first-order valence-corrected chi connectivity index (χ1v) is 14.4. The van der Waals surface area contributed by atoms with Gasteiger partial charge in [-0.15, -0.1) is 0 Å². The van der Waals surface area contributed by atoms with E-state index in [1.165, 1.54) is 89.0 Å². The van der Waals surface area contributed by atoms with Crippen LogP contribution in [0.5, 0.6) is 5.75 Å². The molecule has 0 N–H and O–H groups in total. The normalized spacial score (nSPS) is 19.1. The quantitative estimate of drug-likeness (QED) is 0.245. The van der Waals surface area contributed by atoms with Gasteiger partial charge in [0.2, 0.25) is 0 Å². The van der Waals surface area contributed by atoms with E-state index in [0.29, 0.717) is 0 Å². The second-order valence-corrected chi connectivity index (χ2v) is 10.9. The van der Waals surface area contributed by atoms with Crippen LogP contribution in [-0.2, 0) is 6.42 Å². The van der Waals surface area contributed by atoms with Gasteiger partial charge in [0.1, 0.15) is 5.75 Å². The zero-order chi connectivity index (χ0) is 24.0. The summed E-state index contributed by atoms with van der Waals surface area (Å²) in [5.41, 5.74) is 3.55. The van der Waals surface area contributed by atoms with Crippen LogP contribution in [0.15, 0.2) is 42.6 Å². The summed E-state index contributed by atoms with van der Waals surface area (Å²) in [4.78, 5) is 4.71. The van der Waals surface area contributed by atoms with Crippen LogP contribution in [0.25, 0.3) is 11.3 Å². The molecule has 188 valence electrons. The van der Waals surface area contributed by atoms with Gasteiger partial charge in [-0.2, -0.15) is 0 Å². The summed E-state index contributed by atoms with van der Waals surface area (Å²) in [6, 6.07) is 12.9. The van der Waals surface area contributed by atoms with Crippen LogP contribution in [-0.4, -0.2) is 11.6 Å². The van der Waals surface area contributed by atoms with Gasteiger partial charge >= 0.3 is 0 Å². The van der Waals surface area contributed by atoms with E-state index in [9.17, 15) is 0 Å². The molecule has 1 aromatic carbocycles. The number of nitrogens with zero attached hydrogens (tertiary/aromatic N) is 1. The summed E-state index contributed by atoms with van der Waals surface area (Å²) >= 11 is 0. The molecular weight excluding hydrogens is 414 g/mol. The molecule has 3 rings (SSSR count). The van der Waals surface area contributed by atoms with Crippen molar-refractivity contribution in [3.63, 3.8) is 0 Å². The van der Waals surface area contributed by atoms with Gasteiger partial charge in [-0.3, -0.25) is 4.98 Å². The molecular formula is C32H49NO. The molecule has 0 spiro atoms. The molecule has 2 heteroatoms. The Bertz CT molecular complexity index is 774. The first-order chi connectivity index (χ1) is 16.7. The van der Waals surface area contributed by atoms with Gasteiger partial charge in [0.25, 0.3) is 0 Å². The minimum atomic E-state index is 0.827. The van der Waals surface area contributed by atoms with Crippen molar-refractivity contribution >= 4 is 0 Å². The molecule has 1 aromatic heterocycles. The smallest absolute Gasteiger partial charge is 0.119 e. The van der Waals surface area contributed by atoms with Gasteiger partial charge in [-0.1, -0.05) is 91.0 Å². The fourth-order valence-electron chi connectivity index (χ4n) is 5.38. The van der Waals surface area contributed by atoms with Crippen molar-refractivity contribution in [2.45, 2.75) is 111 Å². The summed E-state index contributed by atoms with van der Waals surface area (Å²) in [7, 11) is 0. The maximum atomic E-state index is 6.05. The lowest BCUT2D eigenvalue weighted by Gasteiger charge is -2.28. The Morgan fingerprint density at radius 2 is 1.56 bits per heavy atom. The molecule has 34 heavy (non-hydrogen) atoms. The number of aryl methyl sites for hydroxylation is 1. The van der Waals surface area contributed by atoms with Crippen LogP contribution in [0.3, 0.4) is 0 Å². The molecule has 0 amide bonds. The Morgan fingerprint density at radius 1 is 0.853 bits per heavy atom. The van der Waals surface area contributed by atoms with Crippen molar-refractivity contribution in [2.24, 2.45) is 17.8 Å². The van der Waals surface area contributed by atoms with Gasteiger partial charge in [0.05, 0.1) is 12.3 Å². The number of hydrogen-bond acceptors (Lipinski definition) is 2. The molecule has 0 aliphatic heterocycles. The van der Waals surface area contributed by atoms with E-state index < -0.39 is 0 Å². The summed E-state index contributed by atoms with van der Waals surface area (Å²) < 4.78 is 6.05. The second-order valence-electron chi connectivity index (χ2n) is 10.9. The third-order valence-electron chi connectivity index (χ3n) is 8.04. The van der Waals surface area contributed by atoms with Crippen LogP contribution < -0.4 is 4.74 Å². The molecule has 1 aliphatic carbocycles. The molecule has 2 nitrogen and oxygen atoms in total. The molecule has 1 fully saturated rings. The molecule has 1 heterocycles. The van der Waals surface area contributed by atoms with Crippen LogP contribution in [0.1, 0.15) is 110 Å². The summed E-state index contributed by atoms with van der Waals surface area (Å²) in [5, 5.41) is 0. The number of hydrogen-bond donors (Lipinski definition) is 0.